The highest BCUT2D eigenvalue weighted by Crippen LogP contribution is 2.37. The van der Waals surface area contributed by atoms with Crippen LogP contribution < -0.4 is 10.6 Å². The van der Waals surface area contributed by atoms with Crippen LogP contribution in [0.5, 0.6) is 0 Å². The van der Waals surface area contributed by atoms with Crippen LogP contribution in [0.25, 0.3) is 33.4 Å². The zero-order valence-electron chi connectivity index (χ0n) is 37.2. The lowest BCUT2D eigenvalue weighted by Crippen LogP contribution is -2.44. The van der Waals surface area contributed by atoms with Gasteiger partial charge in [0.1, 0.15) is 34.9 Å². The van der Waals surface area contributed by atoms with Crippen molar-refractivity contribution in [3.8, 4) is 22.4 Å². The number of imidazole rings is 2. The van der Waals surface area contributed by atoms with Crippen molar-refractivity contribution >= 4 is 35.0 Å². The van der Waals surface area contributed by atoms with E-state index >= 15 is 0 Å². The lowest BCUT2D eigenvalue weighted by Gasteiger charge is -2.29. The van der Waals surface area contributed by atoms with Crippen LogP contribution in [0.4, 0.5) is 9.59 Å². The van der Waals surface area contributed by atoms with Crippen LogP contribution in [0.3, 0.4) is 0 Å². The van der Waals surface area contributed by atoms with Crippen LogP contribution in [-0.2, 0) is 19.1 Å². The summed E-state index contributed by atoms with van der Waals surface area (Å²) < 4.78 is 11.1. The molecular weight excluding hydrogens is 809 g/mol. The van der Waals surface area contributed by atoms with Gasteiger partial charge in [-0.05, 0) is 107 Å². The van der Waals surface area contributed by atoms with E-state index in [0.717, 1.165) is 59.1 Å². The number of hydrogen-bond donors (Lipinski definition) is 4. The third-order valence-corrected chi connectivity index (χ3v) is 11.4. The zero-order valence-corrected chi connectivity index (χ0v) is 37.2. The number of carbonyl (C=O) groups is 4. The number of carbonyl (C=O) groups excluding carboxylic acids is 4. The SMILES string of the molecule is CC(C)(C)OC(=O)NC(C(=O)N1CCCC1c1ncc(-c2ccc(-c3ccc4nc(C5CCCN5C(=O)C(NC(=O)OC(C)(C)C)c5ccccc5)[nH]c4c3)cc2)[nH]1)c1ccccc1. The largest absolute Gasteiger partial charge is 0.444 e. The summed E-state index contributed by atoms with van der Waals surface area (Å²) in [6.45, 7) is 11.8. The molecule has 4 aromatic carbocycles. The smallest absolute Gasteiger partial charge is 0.408 e. The van der Waals surface area contributed by atoms with E-state index in [1.807, 2.05) is 84.9 Å². The number of amides is 4. The topological polar surface area (TPSA) is 175 Å². The molecule has 4 atom stereocenters. The summed E-state index contributed by atoms with van der Waals surface area (Å²) in [6, 6.07) is 30.3. The number of likely N-dealkylation sites (tertiary alicyclic amines) is 2. The van der Waals surface area contributed by atoms with Gasteiger partial charge >= 0.3 is 12.2 Å². The summed E-state index contributed by atoms with van der Waals surface area (Å²) in [4.78, 5) is 74.5. The molecule has 64 heavy (non-hydrogen) atoms. The van der Waals surface area contributed by atoms with Gasteiger partial charge in [-0.15, -0.1) is 0 Å². The first-order valence-corrected chi connectivity index (χ1v) is 22.0. The summed E-state index contributed by atoms with van der Waals surface area (Å²) >= 11 is 0. The minimum atomic E-state index is -0.918. The summed E-state index contributed by atoms with van der Waals surface area (Å²) in [5.41, 5.74) is 5.34. The van der Waals surface area contributed by atoms with Crippen LogP contribution in [0.2, 0.25) is 0 Å². The standard InChI is InChI=1S/C50H56N8O6/c1-49(2,3)63-47(61)55-41(33-15-9-7-10-16-33)45(59)57-27-13-19-39(57)43-51-30-38(54-43)32-23-21-31(22-24-32)35-25-26-36-37(29-35)53-44(52-36)40-20-14-28-58(40)46(60)42(34-17-11-8-12-18-34)56-48(62)64-50(4,5)6/h7-12,15-18,21-26,29-30,39-42H,13-14,19-20,27-28H2,1-6H3,(H,51,54)(H,52,53)(H,55,61)(H,56,62). The Kier molecular flexibility index (Phi) is 12.3. The molecule has 2 aliphatic rings. The molecule has 4 N–H and O–H groups in total. The van der Waals surface area contributed by atoms with Crippen molar-refractivity contribution in [1.29, 1.82) is 0 Å². The number of rotatable bonds is 10. The van der Waals surface area contributed by atoms with E-state index < -0.39 is 35.5 Å². The molecule has 0 bridgehead atoms. The third kappa shape index (κ3) is 9.96. The molecular formula is C50H56N8O6. The van der Waals surface area contributed by atoms with Gasteiger partial charge in [-0.2, -0.15) is 0 Å². The number of ether oxygens (including phenoxy) is 2. The molecule has 4 amide bonds. The van der Waals surface area contributed by atoms with Crippen molar-refractivity contribution in [3.63, 3.8) is 0 Å². The fraction of sp³-hybridized carbons (Fsp3) is 0.360. The van der Waals surface area contributed by atoms with Gasteiger partial charge in [0, 0.05) is 13.1 Å². The summed E-state index contributed by atoms with van der Waals surface area (Å²) in [5, 5.41) is 5.64. The quantitative estimate of drug-likeness (QED) is 0.105. The van der Waals surface area contributed by atoms with Crippen molar-refractivity contribution in [3.05, 3.63) is 132 Å². The highest BCUT2D eigenvalue weighted by Gasteiger charge is 2.39. The number of nitrogens with one attached hydrogen (secondary N) is 4. The molecule has 0 saturated carbocycles. The van der Waals surface area contributed by atoms with Crippen LogP contribution in [0, 0.1) is 0 Å². The minimum Gasteiger partial charge on any atom is -0.444 e. The van der Waals surface area contributed by atoms with E-state index in [1.165, 1.54) is 0 Å². The second-order valence-electron chi connectivity index (χ2n) is 18.5. The van der Waals surface area contributed by atoms with Crippen molar-refractivity contribution in [2.24, 2.45) is 0 Å². The van der Waals surface area contributed by atoms with E-state index in [1.54, 1.807) is 57.5 Å². The monoisotopic (exact) mass is 864 g/mol. The molecule has 0 radical (unpaired) electrons. The Morgan fingerprint density at radius 2 is 1.11 bits per heavy atom. The number of aromatic nitrogens is 4. The Hall–Kier alpha value is -6.96. The van der Waals surface area contributed by atoms with Crippen LogP contribution >= 0.6 is 0 Å². The number of benzene rings is 4. The molecule has 2 fully saturated rings. The number of alkyl carbamates (subject to hydrolysis) is 2. The highest BCUT2D eigenvalue weighted by atomic mass is 16.6. The maximum absolute atomic E-state index is 14.2. The Labute approximate surface area is 373 Å². The van der Waals surface area contributed by atoms with Gasteiger partial charge in [-0.25, -0.2) is 19.6 Å². The molecule has 14 nitrogen and oxygen atoms in total. The third-order valence-electron chi connectivity index (χ3n) is 11.4. The molecule has 332 valence electrons. The maximum atomic E-state index is 14.2. The van der Waals surface area contributed by atoms with E-state index in [0.29, 0.717) is 35.9 Å². The summed E-state index contributed by atoms with van der Waals surface area (Å²) in [5.74, 6) is 0.946. The lowest BCUT2D eigenvalue weighted by molar-refractivity contribution is -0.135. The van der Waals surface area contributed by atoms with Gasteiger partial charge < -0.3 is 39.9 Å². The predicted molar refractivity (Wildman–Crippen MR) is 244 cm³/mol. The number of hydrogen-bond acceptors (Lipinski definition) is 8. The first-order valence-electron chi connectivity index (χ1n) is 22.0. The van der Waals surface area contributed by atoms with Gasteiger partial charge in [0.25, 0.3) is 11.8 Å². The lowest BCUT2D eigenvalue weighted by atomic mass is 10.0. The van der Waals surface area contributed by atoms with Crippen LogP contribution in [0.15, 0.2) is 109 Å². The van der Waals surface area contributed by atoms with Gasteiger partial charge in [0.05, 0.1) is 35.0 Å². The Morgan fingerprint density at radius 1 is 0.625 bits per heavy atom. The first-order chi connectivity index (χ1) is 30.6. The number of H-pyrrole nitrogens is 2. The van der Waals surface area contributed by atoms with Gasteiger partial charge in [-0.3, -0.25) is 9.59 Å². The highest BCUT2D eigenvalue weighted by molar-refractivity contribution is 5.89. The Balaban J connectivity index is 0.963. The second kappa shape index (κ2) is 18.0. The zero-order chi connectivity index (χ0) is 45.2. The van der Waals surface area contributed by atoms with Crippen molar-refractivity contribution < 1.29 is 28.7 Å². The maximum Gasteiger partial charge on any atom is 0.408 e. The molecule has 2 saturated heterocycles. The number of nitrogens with zero attached hydrogens (tertiary/aromatic N) is 4. The Bertz CT molecular complexity index is 2610. The van der Waals surface area contributed by atoms with Gasteiger partial charge in [-0.1, -0.05) is 91.0 Å². The number of aromatic amines is 2. The second-order valence-corrected chi connectivity index (χ2v) is 18.5. The fourth-order valence-electron chi connectivity index (χ4n) is 8.54. The molecule has 8 rings (SSSR count). The summed E-state index contributed by atoms with van der Waals surface area (Å²) in [6.07, 6.45) is 3.56. The molecule has 4 unspecified atom stereocenters. The van der Waals surface area contributed by atoms with Crippen LogP contribution in [-0.4, -0.2) is 78.0 Å². The molecule has 2 aromatic heterocycles. The van der Waals surface area contributed by atoms with E-state index in [2.05, 4.69) is 38.8 Å². The van der Waals surface area contributed by atoms with Crippen molar-refractivity contribution in [2.45, 2.75) is 103 Å². The molecule has 0 aliphatic carbocycles. The van der Waals surface area contributed by atoms with Gasteiger partial charge in [0.2, 0.25) is 0 Å². The molecule has 4 heterocycles. The fourth-order valence-corrected chi connectivity index (χ4v) is 8.54. The first kappa shape index (κ1) is 43.7. The van der Waals surface area contributed by atoms with Crippen molar-refractivity contribution in [1.82, 2.24) is 40.4 Å². The molecule has 2 aliphatic heterocycles. The molecule has 14 heteroatoms. The Morgan fingerprint density at radius 3 is 1.62 bits per heavy atom. The number of fused-ring (bicyclic) bond motifs is 1. The van der Waals surface area contributed by atoms with Crippen molar-refractivity contribution in [2.75, 3.05) is 13.1 Å². The minimum absolute atomic E-state index is 0.219. The van der Waals surface area contributed by atoms with E-state index in [9.17, 15) is 19.2 Å². The van der Waals surface area contributed by atoms with E-state index in [-0.39, 0.29) is 23.9 Å². The summed E-state index contributed by atoms with van der Waals surface area (Å²) in [7, 11) is 0. The normalized spacial score (nSPS) is 17.5. The average Bonchev–Trinajstić information content (AvgIpc) is 4.10. The average molecular weight is 865 g/mol. The van der Waals surface area contributed by atoms with Gasteiger partial charge in [0.15, 0.2) is 0 Å². The molecule has 0 spiro atoms. The van der Waals surface area contributed by atoms with E-state index in [4.69, 9.17) is 19.4 Å². The van der Waals surface area contributed by atoms with Crippen LogP contribution in [0.1, 0.15) is 114 Å². The molecule has 6 aromatic rings. The predicted octanol–water partition coefficient (Wildman–Crippen LogP) is 9.48.